The fraction of sp³-hybridized carbons (Fsp3) is 0.571. The van der Waals surface area contributed by atoms with Crippen LogP contribution >= 0.6 is 0 Å². The summed E-state index contributed by atoms with van der Waals surface area (Å²) in [4.78, 5) is 2.26. The van der Waals surface area contributed by atoms with E-state index in [9.17, 15) is 4.39 Å². The smallest absolute Gasteiger partial charge is 0.123 e. The summed E-state index contributed by atoms with van der Waals surface area (Å²) in [6.07, 6.45) is 0.835. The number of morpholine rings is 1. The van der Waals surface area contributed by atoms with Crippen molar-refractivity contribution in [2.75, 3.05) is 39.5 Å². The van der Waals surface area contributed by atoms with Crippen LogP contribution < -0.4 is 4.74 Å². The van der Waals surface area contributed by atoms with Gasteiger partial charge in [0.25, 0.3) is 0 Å². The number of nitrogens with zero attached hydrogens (tertiary/aromatic N) is 1. The molecule has 0 amide bonds. The van der Waals surface area contributed by atoms with Crippen LogP contribution in [0.4, 0.5) is 4.39 Å². The van der Waals surface area contributed by atoms with E-state index in [0.29, 0.717) is 19.0 Å². The zero-order chi connectivity index (χ0) is 13.5. The van der Waals surface area contributed by atoms with Crippen molar-refractivity contribution in [1.29, 1.82) is 0 Å². The van der Waals surface area contributed by atoms with E-state index in [1.54, 1.807) is 12.1 Å². The highest BCUT2D eigenvalue weighted by Crippen LogP contribution is 2.11. The highest BCUT2D eigenvalue weighted by Gasteiger charge is 2.18. The number of benzene rings is 1. The Morgan fingerprint density at radius 2 is 2.16 bits per heavy atom. The maximum absolute atomic E-state index is 12.7. The van der Waals surface area contributed by atoms with Gasteiger partial charge in [-0.3, -0.25) is 4.90 Å². The zero-order valence-corrected chi connectivity index (χ0v) is 10.9. The molecule has 0 bridgehead atoms. The largest absolute Gasteiger partial charge is 0.494 e. The Morgan fingerprint density at radius 3 is 2.89 bits per heavy atom. The first kappa shape index (κ1) is 14.2. The van der Waals surface area contributed by atoms with E-state index in [4.69, 9.17) is 14.6 Å². The van der Waals surface area contributed by atoms with Crippen molar-refractivity contribution in [1.82, 2.24) is 4.90 Å². The molecule has 0 aromatic heterocycles. The molecule has 1 N–H and O–H groups in total. The Bertz CT molecular complexity index is 371. The Balaban J connectivity index is 1.62. The van der Waals surface area contributed by atoms with Crippen LogP contribution in [-0.4, -0.2) is 55.6 Å². The lowest BCUT2D eigenvalue weighted by Crippen LogP contribution is -2.44. The number of rotatable bonds is 6. The molecule has 1 aromatic rings. The third kappa shape index (κ3) is 4.78. The van der Waals surface area contributed by atoms with Crippen LogP contribution in [0.3, 0.4) is 0 Å². The van der Waals surface area contributed by atoms with Crippen LogP contribution in [-0.2, 0) is 4.74 Å². The summed E-state index contributed by atoms with van der Waals surface area (Å²) in [5, 5.41) is 9.04. The lowest BCUT2D eigenvalue weighted by Gasteiger charge is -2.31. The van der Waals surface area contributed by atoms with Gasteiger partial charge in [-0.05, 0) is 30.7 Å². The normalized spacial score (nSPS) is 20.4. The molecule has 1 aliphatic rings. The Hall–Kier alpha value is -1.17. The zero-order valence-electron chi connectivity index (χ0n) is 10.9. The maximum Gasteiger partial charge on any atom is 0.123 e. The second-order valence-corrected chi connectivity index (χ2v) is 4.63. The minimum atomic E-state index is -0.254. The summed E-state index contributed by atoms with van der Waals surface area (Å²) < 4.78 is 23.6. The van der Waals surface area contributed by atoms with E-state index in [2.05, 4.69) is 4.90 Å². The number of hydrogen-bond acceptors (Lipinski definition) is 4. The van der Waals surface area contributed by atoms with Crippen molar-refractivity contribution in [3.8, 4) is 5.75 Å². The second-order valence-electron chi connectivity index (χ2n) is 4.63. The Kier molecular flexibility index (Phi) is 5.57. The Morgan fingerprint density at radius 1 is 1.37 bits per heavy atom. The number of halogens is 1. The molecule has 1 aromatic carbocycles. The molecule has 2 rings (SSSR count). The monoisotopic (exact) mass is 269 g/mol. The summed E-state index contributed by atoms with van der Waals surface area (Å²) in [6, 6.07) is 6.05. The maximum atomic E-state index is 12.7. The van der Waals surface area contributed by atoms with Gasteiger partial charge in [0.1, 0.15) is 11.6 Å². The minimum absolute atomic E-state index is 0.0632. The van der Waals surface area contributed by atoms with E-state index in [1.807, 2.05) is 0 Å². The van der Waals surface area contributed by atoms with Gasteiger partial charge in [0, 0.05) is 19.6 Å². The van der Waals surface area contributed by atoms with Gasteiger partial charge in [-0.25, -0.2) is 4.39 Å². The van der Waals surface area contributed by atoms with E-state index >= 15 is 0 Å². The lowest BCUT2D eigenvalue weighted by molar-refractivity contribution is -0.0533. The van der Waals surface area contributed by atoms with Gasteiger partial charge in [0.2, 0.25) is 0 Å². The molecule has 5 heteroatoms. The first-order valence-electron chi connectivity index (χ1n) is 6.61. The van der Waals surface area contributed by atoms with E-state index < -0.39 is 0 Å². The number of aliphatic hydroxyl groups is 1. The molecule has 1 aliphatic heterocycles. The first-order chi connectivity index (χ1) is 9.28. The molecule has 0 aliphatic carbocycles. The lowest BCUT2D eigenvalue weighted by atomic mass is 10.2. The van der Waals surface area contributed by atoms with Crippen LogP contribution in [0.5, 0.6) is 5.75 Å². The molecule has 4 nitrogen and oxygen atoms in total. The van der Waals surface area contributed by atoms with Crippen molar-refractivity contribution >= 4 is 0 Å². The number of ether oxygens (including phenoxy) is 2. The topological polar surface area (TPSA) is 41.9 Å². The van der Waals surface area contributed by atoms with E-state index in [-0.39, 0.29) is 18.5 Å². The average molecular weight is 269 g/mol. The molecule has 0 spiro atoms. The molecule has 0 saturated carbocycles. The van der Waals surface area contributed by atoms with Crippen LogP contribution in [0.15, 0.2) is 24.3 Å². The molecule has 1 fully saturated rings. The molecule has 19 heavy (non-hydrogen) atoms. The molecular formula is C14H20FNO3. The van der Waals surface area contributed by atoms with Crippen molar-refractivity contribution in [2.45, 2.75) is 12.5 Å². The van der Waals surface area contributed by atoms with Gasteiger partial charge in [-0.1, -0.05) is 0 Å². The first-order valence-corrected chi connectivity index (χ1v) is 6.61. The molecule has 1 unspecified atom stereocenters. The summed E-state index contributed by atoms with van der Waals surface area (Å²) in [5.74, 6) is 0.437. The third-order valence-corrected chi connectivity index (χ3v) is 3.13. The van der Waals surface area contributed by atoms with Gasteiger partial charge in [-0.2, -0.15) is 0 Å². The Labute approximate surface area is 112 Å². The van der Waals surface area contributed by atoms with Crippen LogP contribution in [0, 0.1) is 5.82 Å². The van der Waals surface area contributed by atoms with Gasteiger partial charge in [0.15, 0.2) is 0 Å². The predicted octanol–water partition coefficient (Wildman–Crippen LogP) is 1.29. The van der Waals surface area contributed by atoms with Crippen molar-refractivity contribution in [3.63, 3.8) is 0 Å². The van der Waals surface area contributed by atoms with Crippen LogP contribution in [0.2, 0.25) is 0 Å². The predicted molar refractivity (Wildman–Crippen MR) is 69.8 cm³/mol. The molecule has 1 heterocycles. The van der Waals surface area contributed by atoms with Crippen LogP contribution in [0.1, 0.15) is 6.42 Å². The summed E-state index contributed by atoms with van der Waals surface area (Å²) in [6.45, 7) is 3.93. The van der Waals surface area contributed by atoms with Crippen LogP contribution in [0.25, 0.3) is 0 Å². The van der Waals surface area contributed by atoms with Gasteiger partial charge in [0.05, 0.1) is 25.9 Å². The van der Waals surface area contributed by atoms with Crippen molar-refractivity contribution in [2.24, 2.45) is 0 Å². The summed E-state index contributed by atoms with van der Waals surface area (Å²) >= 11 is 0. The number of hydrogen-bond donors (Lipinski definition) is 1. The standard InChI is InChI=1S/C14H20FNO3/c15-12-2-4-13(5-3-12)18-8-1-6-16-7-9-19-14(10-16)11-17/h2-5,14,17H,1,6-11H2. The summed E-state index contributed by atoms with van der Waals surface area (Å²) in [7, 11) is 0. The molecule has 106 valence electrons. The fourth-order valence-corrected chi connectivity index (χ4v) is 2.10. The highest BCUT2D eigenvalue weighted by molar-refractivity contribution is 5.21. The van der Waals surface area contributed by atoms with Gasteiger partial charge >= 0.3 is 0 Å². The van der Waals surface area contributed by atoms with Crippen molar-refractivity contribution < 1.29 is 19.0 Å². The molecular weight excluding hydrogens is 249 g/mol. The van der Waals surface area contributed by atoms with E-state index in [1.165, 1.54) is 12.1 Å². The third-order valence-electron chi connectivity index (χ3n) is 3.13. The average Bonchev–Trinajstić information content (AvgIpc) is 2.46. The molecule has 0 radical (unpaired) electrons. The molecule has 1 saturated heterocycles. The number of aliphatic hydroxyl groups excluding tert-OH is 1. The SMILES string of the molecule is OCC1CN(CCCOc2ccc(F)cc2)CCO1. The second kappa shape index (κ2) is 7.43. The minimum Gasteiger partial charge on any atom is -0.494 e. The summed E-state index contributed by atoms with van der Waals surface area (Å²) in [5.41, 5.74) is 0. The molecule has 1 atom stereocenters. The van der Waals surface area contributed by atoms with Gasteiger partial charge in [-0.15, -0.1) is 0 Å². The quantitative estimate of drug-likeness (QED) is 0.790. The van der Waals surface area contributed by atoms with E-state index in [0.717, 1.165) is 26.1 Å². The van der Waals surface area contributed by atoms with Gasteiger partial charge < -0.3 is 14.6 Å². The fourth-order valence-electron chi connectivity index (χ4n) is 2.10. The highest BCUT2D eigenvalue weighted by atomic mass is 19.1. The van der Waals surface area contributed by atoms with Crippen molar-refractivity contribution in [3.05, 3.63) is 30.1 Å².